The molecule has 0 radical (unpaired) electrons. The molecule has 0 aliphatic rings. The van der Waals surface area contributed by atoms with Gasteiger partial charge < -0.3 is 9.13 Å². The van der Waals surface area contributed by atoms with Crippen molar-refractivity contribution < 1.29 is 13.2 Å². The highest BCUT2D eigenvalue weighted by molar-refractivity contribution is 6.13. The second-order valence-corrected chi connectivity index (χ2v) is 16.8. The summed E-state index contributed by atoms with van der Waals surface area (Å²) in [5.74, 6) is 0. The number of hydrogen-bond donors (Lipinski definition) is 0. The van der Waals surface area contributed by atoms with Crippen LogP contribution in [-0.2, 0) is 6.18 Å². The van der Waals surface area contributed by atoms with Crippen LogP contribution >= 0.6 is 0 Å². The van der Waals surface area contributed by atoms with Gasteiger partial charge in [0.2, 0.25) is 0 Å². The first-order valence-corrected chi connectivity index (χ1v) is 22.2. The number of aromatic nitrogens is 4. The van der Waals surface area contributed by atoms with Gasteiger partial charge in [0.25, 0.3) is 0 Å². The van der Waals surface area contributed by atoms with Crippen LogP contribution in [0.5, 0.6) is 0 Å². The van der Waals surface area contributed by atoms with Crippen molar-refractivity contribution >= 4 is 49.3 Å². The second kappa shape index (κ2) is 16.1. The van der Waals surface area contributed by atoms with E-state index in [1.165, 1.54) is 12.1 Å². The molecule has 12 aromatic rings. The van der Waals surface area contributed by atoms with E-state index in [9.17, 15) is 0 Å². The summed E-state index contributed by atoms with van der Waals surface area (Å²) in [6.07, 6.45) is -4.75. The summed E-state index contributed by atoms with van der Waals surface area (Å²) in [5.41, 5.74) is 10.8. The van der Waals surface area contributed by atoms with Gasteiger partial charge in [-0.1, -0.05) is 140 Å². The maximum Gasteiger partial charge on any atom is 0.417 e. The van der Waals surface area contributed by atoms with Gasteiger partial charge in [-0.05, 0) is 90.0 Å². The molecule has 4 heterocycles. The molecular weight excluding hydrogens is 848 g/mol. The van der Waals surface area contributed by atoms with E-state index in [1.807, 2.05) is 168 Å². The summed E-state index contributed by atoms with van der Waals surface area (Å²) in [7, 11) is 0. The summed E-state index contributed by atoms with van der Waals surface area (Å²) in [4.78, 5) is 13.7. The zero-order chi connectivity index (χ0) is 45.9. The van der Waals surface area contributed by atoms with E-state index in [0.717, 1.165) is 88.6 Å². The van der Waals surface area contributed by atoms with Gasteiger partial charge in [0.15, 0.2) is 5.69 Å². The van der Waals surface area contributed by atoms with Crippen molar-refractivity contribution in [3.05, 3.63) is 235 Å². The third-order valence-electron chi connectivity index (χ3n) is 12.8. The highest BCUT2D eigenvalue weighted by atomic mass is 19.4. The Labute approximate surface area is 389 Å². The highest BCUT2D eigenvalue weighted by Crippen LogP contribution is 2.46. The molecular formula is C60H36F3N5. The van der Waals surface area contributed by atoms with E-state index >= 15 is 13.2 Å². The molecule has 0 unspecified atom stereocenters. The van der Waals surface area contributed by atoms with Gasteiger partial charge in [0.1, 0.15) is 0 Å². The lowest BCUT2D eigenvalue weighted by molar-refractivity contribution is -0.137. The van der Waals surface area contributed by atoms with Gasteiger partial charge in [-0.2, -0.15) is 13.2 Å². The minimum atomic E-state index is -4.75. The van der Waals surface area contributed by atoms with Crippen LogP contribution in [0.2, 0.25) is 0 Å². The summed E-state index contributed by atoms with van der Waals surface area (Å²) < 4.78 is 51.4. The van der Waals surface area contributed by atoms with Crippen LogP contribution < -0.4 is 0 Å². The van der Waals surface area contributed by atoms with Gasteiger partial charge in [-0.3, -0.25) is 0 Å². The Morgan fingerprint density at radius 1 is 0.368 bits per heavy atom. The summed E-state index contributed by atoms with van der Waals surface area (Å²) in [6.45, 7) is 7.74. The minimum absolute atomic E-state index is 0.0290. The first-order chi connectivity index (χ1) is 33.3. The van der Waals surface area contributed by atoms with Crippen molar-refractivity contribution in [2.24, 2.45) is 0 Å². The lowest BCUT2D eigenvalue weighted by Gasteiger charge is -2.22. The van der Waals surface area contributed by atoms with Gasteiger partial charge in [0.05, 0.1) is 68.4 Å². The molecule has 0 atom stereocenters. The minimum Gasteiger partial charge on any atom is -0.307 e. The van der Waals surface area contributed by atoms with Crippen LogP contribution in [0.15, 0.2) is 218 Å². The largest absolute Gasteiger partial charge is 0.417 e. The number of nitrogens with zero attached hydrogens (tertiary/aromatic N) is 5. The summed E-state index contributed by atoms with van der Waals surface area (Å²) in [6, 6.07) is 69.4. The molecule has 5 nitrogen and oxygen atoms in total. The normalized spacial score (nSPS) is 11.7. The molecule has 68 heavy (non-hydrogen) atoms. The standard InChI is InChI=1S/C60H36F3N5/c1-64-43-20-12-19-40(33-43)46-36-58(67-54-27-10-8-21-44(54)47-34-41(29-31-56(47)67)52-25-13-23-50(65-52)38-15-4-2-5-16-38)59(37-49(46)60(61,62)63)68-55-28-11-9-22-45(55)48-35-42(30-32-57(48)68)53-26-14-24-51(66-53)39-17-6-3-7-18-39/h2-37H. The van der Waals surface area contributed by atoms with Crippen LogP contribution in [0.25, 0.3) is 116 Å². The number of benzene rings is 8. The highest BCUT2D eigenvalue weighted by Gasteiger charge is 2.36. The van der Waals surface area contributed by atoms with Crippen LogP contribution in [-0.4, -0.2) is 19.1 Å². The summed E-state index contributed by atoms with van der Waals surface area (Å²) in [5, 5.41) is 3.61. The Hall–Kier alpha value is -9.06. The van der Waals surface area contributed by atoms with E-state index in [1.54, 1.807) is 24.3 Å². The lowest BCUT2D eigenvalue weighted by atomic mass is 9.96. The fourth-order valence-electron chi connectivity index (χ4n) is 9.67. The summed E-state index contributed by atoms with van der Waals surface area (Å²) >= 11 is 0. The molecule has 0 spiro atoms. The fourth-order valence-corrected chi connectivity index (χ4v) is 9.67. The molecule has 0 aliphatic heterocycles. The number of alkyl halides is 3. The molecule has 0 bridgehead atoms. The lowest BCUT2D eigenvalue weighted by Crippen LogP contribution is -2.12. The number of fused-ring (bicyclic) bond motifs is 6. The predicted octanol–water partition coefficient (Wildman–Crippen LogP) is 16.6. The molecule has 8 aromatic carbocycles. The number of halogens is 3. The molecule has 0 N–H and O–H groups in total. The van der Waals surface area contributed by atoms with Crippen molar-refractivity contribution in [2.45, 2.75) is 6.18 Å². The SMILES string of the molecule is [C-]#[N+]c1cccc(-c2cc(-n3c4ccccc4c4cc(-c5cccc(-c6ccccc6)n5)ccc43)c(-n3c4ccccc4c4cc(-c5cccc(-c6ccccc6)n5)ccc43)cc2C(F)(F)F)c1. The Balaban J connectivity index is 1.13. The van der Waals surface area contributed by atoms with Crippen molar-refractivity contribution in [2.75, 3.05) is 0 Å². The van der Waals surface area contributed by atoms with Crippen molar-refractivity contribution in [1.82, 2.24) is 19.1 Å². The Morgan fingerprint density at radius 2 is 0.794 bits per heavy atom. The van der Waals surface area contributed by atoms with Gasteiger partial charge in [0, 0.05) is 43.8 Å². The Bertz CT molecular complexity index is 3970. The zero-order valence-electron chi connectivity index (χ0n) is 36.2. The Kier molecular flexibility index (Phi) is 9.59. The number of para-hydroxylation sites is 2. The van der Waals surface area contributed by atoms with Crippen molar-refractivity contribution in [3.8, 4) is 67.5 Å². The maximum absolute atomic E-state index is 15.8. The van der Waals surface area contributed by atoms with E-state index in [4.69, 9.17) is 16.5 Å². The monoisotopic (exact) mass is 883 g/mol. The number of hydrogen-bond acceptors (Lipinski definition) is 2. The van der Waals surface area contributed by atoms with E-state index < -0.39 is 11.7 Å². The first kappa shape index (κ1) is 40.4. The van der Waals surface area contributed by atoms with Gasteiger partial charge >= 0.3 is 6.18 Å². The maximum atomic E-state index is 15.8. The molecule has 0 amide bonds. The predicted molar refractivity (Wildman–Crippen MR) is 269 cm³/mol. The van der Waals surface area contributed by atoms with E-state index in [-0.39, 0.29) is 11.3 Å². The molecule has 8 heteroatoms. The third kappa shape index (κ3) is 6.88. The van der Waals surface area contributed by atoms with Gasteiger partial charge in [-0.25, -0.2) is 14.8 Å². The topological polar surface area (TPSA) is 40.0 Å². The molecule has 0 saturated carbocycles. The van der Waals surface area contributed by atoms with Crippen LogP contribution in [0.3, 0.4) is 0 Å². The zero-order valence-corrected chi connectivity index (χ0v) is 36.2. The van der Waals surface area contributed by atoms with Crippen molar-refractivity contribution in [1.29, 1.82) is 0 Å². The van der Waals surface area contributed by atoms with Crippen LogP contribution in [0.1, 0.15) is 5.56 Å². The van der Waals surface area contributed by atoms with Crippen molar-refractivity contribution in [3.63, 3.8) is 0 Å². The number of pyridine rings is 2. The molecule has 0 saturated heterocycles. The molecule has 0 aliphatic carbocycles. The van der Waals surface area contributed by atoms with Crippen LogP contribution in [0, 0.1) is 6.57 Å². The van der Waals surface area contributed by atoms with Crippen LogP contribution in [0.4, 0.5) is 18.9 Å². The van der Waals surface area contributed by atoms with E-state index in [0.29, 0.717) is 16.9 Å². The second-order valence-electron chi connectivity index (χ2n) is 16.8. The average Bonchev–Trinajstić information content (AvgIpc) is 3.90. The molecule has 322 valence electrons. The van der Waals surface area contributed by atoms with Gasteiger partial charge in [-0.15, -0.1) is 0 Å². The molecule has 0 fully saturated rings. The quantitative estimate of drug-likeness (QED) is 0.150. The molecule has 12 rings (SSSR count). The first-order valence-electron chi connectivity index (χ1n) is 22.2. The average molecular weight is 884 g/mol. The molecule has 4 aromatic heterocycles. The van der Waals surface area contributed by atoms with E-state index in [2.05, 4.69) is 27.6 Å². The third-order valence-corrected chi connectivity index (χ3v) is 12.8. The Morgan fingerprint density at radius 3 is 1.29 bits per heavy atom. The smallest absolute Gasteiger partial charge is 0.307 e. The fraction of sp³-hybridized carbons (Fsp3) is 0.0167. The number of rotatable bonds is 7.